The molecule has 1 N–H and O–H groups in total. The molecular formula is C11H21BrN2O2. The smallest absolute Gasteiger partial charge is 0.244 e. The van der Waals surface area contributed by atoms with Crippen LogP contribution in [0.5, 0.6) is 0 Å². The Morgan fingerprint density at radius 2 is 1.75 bits per heavy atom. The van der Waals surface area contributed by atoms with Gasteiger partial charge in [0.15, 0.2) is 0 Å². The van der Waals surface area contributed by atoms with Crippen LogP contribution in [-0.2, 0) is 9.59 Å². The SMILES string of the molecule is CC(C)CC(NC(=O)C(C)Br)C(=O)N(C)C. The monoisotopic (exact) mass is 292 g/mol. The predicted octanol–water partition coefficient (Wildman–Crippen LogP) is 1.39. The van der Waals surface area contributed by atoms with E-state index in [4.69, 9.17) is 0 Å². The molecule has 2 atom stereocenters. The summed E-state index contributed by atoms with van der Waals surface area (Å²) in [7, 11) is 3.39. The van der Waals surface area contributed by atoms with Crippen molar-refractivity contribution in [2.75, 3.05) is 14.1 Å². The molecule has 0 radical (unpaired) electrons. The van der Waals surface area contributed by atoms with Gasteiger partial charge in [0, 0.05) is 14.1 Å². The maximum Gasteiger partial charge on any atom is 0.244 e. The largest absolute Gasteiger partial charge is 0.347 e. The lowest BCUT2D eigenvalue weighted by Crippen LogP contribution is -2.48. The first-order valence-corrected chi connectivity index (χ1v) is 6.32. The number of halogens is 1. The molecule has 0 spiro atoms. The van der Waals surface area contributed by atoms with Crippen LogP contribution < -0.4 is 5.32 Å². The predicted molar refractivity (Wildman–Crippen MR) is 68.5 cm³/mol. The Morgan fingerprint density at radius 3 is 2.06 bits per heavy atom. The number of hydrogen-bond acceptors (Lipinski definition) is 2. The maximum atomic E-state index is 11.8. The van der Waals surface area contributed by atoms with Crippen LogP contribution in [0.1, 0.15) is 27.2 Å². The summed E-state index contributed by atoms with van der Waals surface area (Å²) in [5, 5.41) is 2.75. The first-order valence-electron chi connectivity index (χ1n) is 5.41. The van der Waals surface area contributed by atoms with Gasteiger partial charge in [-0.1, -0.05) is 29.8 Å². The second-order valence-corrected chi connectivity index (χ2v) is 5.91. The lowest BCUT2D eigenvalue weighted by Gasteiger charge is -2.23. The fourth-order valence-electron chi connectivity index (χ4n) is 1.29. The average Bonchev–Trinajstić information content (AvgIpc) is 2.14. The highest BCUT2D eigenvalue weighted by Crippen LogP contribution is 2.08. The number of alkyl halides is 1. The molecule has 0 aliphatic heterocycles. The molecular weight excluding hydrogens is 272 g/mol. The van der Waals surface area contributed by atoms with Crippen molar-refractivity contribution in [3.05, 3.63) is 0 Å². The summed E-state index contributed by atoms with van der Waals surface area (Å²) in [5.41, 5.74) is 0. The Kier molecular flexibility index (Phi) is 6.64. The van der Waals surface area contributed by atoms with E-state index in [0.29, 0.717) is 12.3 Å². The molecule has 2 amide bonds. The van der Waals surface area contributed by atoms with E-state index in [1.165, 1.54) is 4.90 Å². The second-order valence-electron chi connectivity index (χ2n) is 4.54. The van der Waals surface area contributed by atoms with Gasteiger partial charge in [-0.3, -0.25) is 9.59 Å². The van der Waals surface area contributed by atoms with Gasteiger partial charge in [-0.25, -0.2) is 0 Å². The highest BCUT2D eigenvalue weighted by atomic mass is 79.9. The standard InChI is InChI=1S/C11H21BrN2O2/c1-7(2)6-9(11(16)14(4)5)13-10(15)8(3)12/h7-9H,6H2,1-5H3,(H,13,15). The molecule has 0 fully saturated rings. The molecule has 0 saturated heterocycles. The lowest BCUT2D eigenvalue weighted by molar-refractivity contribution is -0.134. The van der Waals surface area contributed by atoms with Crippen LogP contribution in [0, 0.1) is 5.92 Å². The van der Waals surface area contributed by atoms with Gasteiger partial charge in [0.2, 0.25) is 11.8 Å². The van der Waals surface area contributed by atoms with Crippen LogP contribution in [-0.4, -0.2) is 41.7 Å². The zero-order valence-corrected chi connectivity index (χ0v) is 12.2. The van der Waals surface area contributed by atoms with Gasteiger partial charge in [0.25, 0.3) is 0 Å². The van der Waals surface area contributed by atoms with E-state index < -0.39 is 6.04 Å². The molecule has 0 saturated carbocycles. The Hall–Kier alpha value is -0.580. The molecule has 0 aromatic heterocycles. The first-order chi connectivity index (χ1) is 7.25. The Morgan fingerprint density at radius 1 is 1.25 bits per heavy atom. The van der Waals surface area contributed by atoms with E-state index in [9.17, 15) is 9.59 Å². The summed E-state index contributed by atoms with van der Waals surface area (Å²) in [4.78, 5) is 24.6. The van der Waals surface area contributed by atoms with Crippen molar-refractivity contribution in [1.82, 2.24) is 10.2 Å². The molecule has 5 heteroatoms. The quantitative estimate of drug-likeness (QED) is 0.779. The summed E-state index contributed by atoms with van der Waals surface area (Å²) in [5.74, 6) is 0.149. The summed E-state index contributed by atoms with van der Waals surface area (Å²) in [6.45, 7) is 5.79. The van der Waals surface area contributed by atoms with Gasteiger partial charge in [-0.2, -0.15) is 0 Å². The third-order valence-electron chi connectivity index (χ3n) is 2.12. The van der Waals surface area contributed by atoms with Gasteiger partial charge in [-0.05, 0) is 19.3 Å². The molecule has 16 heavy (non-hydrogen) atoms. The van der Waals surface area contributed by atoms with Crippen LogP contribution in [0.25, 0.3) is 0 Å². The molecule has 4 nitrogen and oxygen atoms in total. The fourth-order valence-corrected chi connectivity index (χ4v) is 1.42. The number of amides is 2. The minimum absolute atomic E-state index is 0.0600. The minimum atomic E-state index is -0.428. The molecule has 0 aromatic rings. The topological polar surface area (TPSA) is 49.4 Å². The number of carbonyl (C=O) groups excluding carboxylic acids is 2. The van der Waals surface area contributed by atoms with E-state index in [1.54, 1.807) is 21.0 Å². The van der Waals surface area contributed by atoms with E-state index in [1.807, 2.05) is 13.8 Å². The van der Waals surface area contributed by atoms with Gasteiger partial charge in [0.1, 0.15) is 6.04 Å². The van der Waals surface area contributed by atoms with Gasteiger partial charge in [0.05, 0.1) is 4.83 Å². The highest BCUT2D eigenvalue weighted by Gasteiger charge is 2.24. The van der Waals surface area contributed by atoms with Crippen LogP contribution in [0.4, 0.5) is 0 Å². The molecule has 0 rings (SSSR count). The van der Waals surface area contributed by atoms with Crippen molar-refractivity contribution in [3.8, 4) is 0 Å². The summed E-state index contributed by atoms with van der Waals surface area (Å²) < 4.78 is 0. The summed E-state index contributed by atoms with van der Waals surface area (Å²) >= 11 is 3.18. The van der Waals surface area contributed by atoms with Gasteiger partial charge < -0.3 is 10.2 Å². The van der Waals surface area contributed by atoms with Crippen molar-refractivity contribution in [3.63, 3.8) is 0 Å². The number of likely N-dealkylation sites (N-methyl/N-ethyl adjacent to an activating group) is 1. The minimum Gasteiger partial charge on any atom is -0.347 e. The van der Waals surface area contributed by atoms with Crippen molar-refractivity contribution in [2.45, 2.75) is 38.1 Å². The van der Waals surface area contributed by atoms with Crippen molar-refractivity contribution in [1.29, 1.82) is 0 Å². The molecule has 0 heterocycles. The molecule has 0 aliphatic carbocycles. The second kappa shape index (κ2) is 6.89. The van der Waals surface area contributed by atoms with E-state index in [0.717, 1.165) is 0 Å². The van der Waals surface area contributed by atoms with Crippen LogP contribution in [0.3, 0.4) is 0 Å². The number of carbonyl (C=O) groups is 2. The molecule has 0 aliphatic rings. The van der Waals surface area contributed by atoms with Crippen LogP contribution in [0.15, 0.2) is 0 Å². The number of nitrogens with zero attached hydrogens (tertiary/aromatic N) is 1. The third kappa shape index (κ3) is 5.49. The third-order valence-corrected chi connectivity index (χ3v) is 2.54. The Bertz CT molecular complexity index is 252. The van der Waals surface area contributed by atoms with Crippen LogP contribution >= 0.6 is 15.9 Å². The molecule has 0 bridgehead atoms. The van der Waals surface area contributed by atoms with Crippen LogP contribution in [0.2, 0.25) is 0 Å². The zero-order chi connectivity index (χ0) is 12.9. The normalized spacial score (nSPS) is 14.4. The summed E-state index contributed by atoms with van der Waals surface area (Å²) in [6.07, 6.45) is 0.655. The molecule has 2 unspecified atom stereocenters. The highest BCUT2D eigenvalue weighted by molar-refractivity contribution is 9.10. The van der Waals surface area contributed by atoms with Crippen molar-refractivity contribution >= 4 is 27.7 Å². The van der Waals surface area contributed by atoms with E-state index >= 15 is 0 Å². The zero-order valence-electron chi connectivity index (χ0n) is 10.6. The van der Waals surface area contributed by atoms with E-state index in [-0.39, 0.29) is 16.6 Å². The van der Waals surface area contributed by atoms with Crippen molar-refractivity contribution in [2.24, 2.45) is 5.92 Å². The molecule has 94 valence electrons. The number of hydrogen-bond donors (Lipinski definition) is 1. The van der Waals surface area contributed by atoms with Gasteiger partial charge in [-0.15, -0.1) is 0 Å². The Labute approximate surface area is 106 Å². The number of nitrogens with one attached hydrogen (secondary N) is 1. The number of rotatable bonds is 5. The fraction of sp³-hybridized carbons (Fsp3) is 0.818. The summed E-state index contributed by atoms with van der Waals surface area (Å²) in [6, 6.07) is -0.428. The van der Waals surface area contributed by atoms with Crippen molar-refractivity contribution < 1.29 is 9.59 Å². The lowest BCUT2D eigenvalue weighted by atomic mass is 10.0. The first kappa shape index (κ1) is 15.4. The van der Waals surface area contributed by atoms with Gasteiger partial charge >= 0.3 is 0 Å². The Balaban J connectivity index is 4.55. The van der Waals surface area contributed by atoms with E-state index in [2.05, 4.69) is 21.2 Å². The molecule has 0 aromatic carbocycles. The maximum absolute atomic E-state index is 11.8. The average molecular weight is 293 g/mol.